The van der Waals surface area contributed by atoms with Gasteiger partial charge >= 0.3 is 0 Å². The lowest BCUT2D eigenvalue weighted by molar-refractivity contribution is 1.11. The molecule has 0 aromatic heterocycles. The Bertz CT molecular complexity index is 425. The van der Waals surface area contributed by atoms with Crippen LogP contribution < -0.4 is 0 Å². The van der Waals surface area contributed by atoms with Crippen LogP contribution in [0.5, 0.6) is 0 Å². The Labute approximate surface area is 113 Å². The third kappa shape index (κ3) is 4.49. The summed E-state index contributed by atoms with van der Waals surface area (Å²) in [4.78, 5) is 0. The molecule has 0 aliphatic rings. The summed E-state index contributed by atoms with van der Waals surface area (Å²) in [6, 6.07) is 21.0. The number of rotatable bonds is 5. The first-order valence-corrected chi connectivity index (χ1v) is 7.22. The van der Waals surface area contributed by atoms with Crippen molar-refractivity contribution in [1.82, 2.24) is 0 Å². The van der Waals surface area contributed by atoms with Crippen LogP contribution in [0.4, 0.5) is 0 Å². The Kier molecular flexibility index (Phi) is 5.02. The van der Waals surface area contributed by atoms with Gasteiger partial charge in [0.15, 0.2) is 0 Å². The maximum atomic E-state index is 5.48. The first-order valence-electron chi connectivity index (χ1n) is 5.70. The molecule has 2 heteroatoms. The van der Waals surface area contributed by atoms with Gasteiger partial charge in [-0.15, -0.1) is 11.8 Å². The first-order chi connectivity index (χ1) is 8.34. The SMILES string of the molecule is [S]C(Cc1ccccc1)SCc1ccccc1. The highest BCUT2D eigenvalue weighted by Crippen LogP contribution is 2.23. The predicted molar refractivity (Wildman–Crippen MR) is 79.3 cm³/mol. The van der Waals surface area contributed by atoms with Crippen LogP contribution in [0.15, 0.2) is 60.7 Å². The Morgan fingerprint density at radius 3 is 1.94 bits per heavy atom. The molecule has 2 aromatic rings. The van der Waals surface area contributed by atoms with Crippen molar-refractivity contribution in [1.29, 1.82) is 0 Å². The van der Waals surface area contributed by atoms with E-state index >= 15 is 0 Å². The molecule has 0 spiro atoms. The van der Waals surface area contributed by atoms with Gasteiger partial charge in [-0.3, -0.25) is 0 Å². The van der Waals surface area contributed by atoms with E-state index < -0.39 is 0 Å². The van der Waals surface area contributed by atoms with Crippen molar-refractivity contribution >= 4 is 24.4 Å². The summed E-state index contributed by atoms with van der Waals surface area (Å²) in [6.45, 7) is 0. The number of hydrogen-bond donors (Lipinski definition) is 0. The van der Waals surface area contributed by atoms with Gasteiger partial charge in [-0.05, 0) is 17.5 Å². The van der Waals surface area contributed by atoms with Gasteiger partial charge in [-0.2, -0.15) is 0 Å². The summed E-state index contributed by atoms with van der Waals surface area (Å²) in [5.41, 5.74) is 2.67. The minimum Gasteiger partial charge on any atom is -0.142 e. The lowest BCUT2D eigenvalue weighted by atomic mass is 10.2. The number of thioether (sulfide) groups is 1. The lowest BCUT2D eigenvalue weighted by Crippen LogP contribution is -1.98. The largest absolute Gasteiger partial charge is 0.142 e. The molecule has 0 aliphatic carbocycles. The molecule has 0 saturated heterocycles. The zero-order chi connectivity index (χ0) is 11.9. The molecular formula is C15H15S2. The van der Waals surface area contributed by atoms with E-state index in [0.29, 0.717) is 0 Å². The van der Waals surface area contributed by atoms with Crippen molar-refractivity contribution in [2.75, 3.05) is 0 Å². The van der Waals surface area contributed by atoms with Crippen LogP contribution in [0.1, 0.15) is 11.1 Å². The summed E-state index contributed by atoms with van der Waals surface area (Å²) in [5, 5.41) is 0. The molecule has 2 rings (SSSR count). The average Bonchev–Trinajstić information content (AvgIpc) is 2.39. The maximum Gasteiger partial charge on any atom is 0.0650 e. The molecule has 0 bridgehead atoms. The van der Waals surface area contributed by atoms with Gasteiger partial charge in [0.25, 0.3) is 0 Å². The van der Waals surface area contributed by atoms with Gasteiger partial charge in [0.2, 0.25) is 0 Å². The van der Waals surface area contributed by atoms with Crippen LogP contribution >= 0.6 is 24.4 Å². The van der Waals surface area contributed by atoms with Gasteiger partial charge in [0, 0.05) is 5.75 Å². The maximum absolute atomic E-state index is 5.48. The van der Waals surface area contributed by atoms with E-state index in [1.165, 1.54) is 11.1 Å². The standard InChI is InChI=1S/C15H15S2/c16-15(11-13-7-3-1-4-8-13)17-12-14-9-5-2-6-10-14/h1-10,15H,11-12H2. The van der Waals surface area contributed by atoms with E-state index in [9.17, 15) is 0 Å². The second kappa shape index (κ2) is 6.77. The molecular weight excluding hydrogens is 244 g/mol. The van der Waals surface area contributed by atoms with Crippen molar-refractivity contribution in [3.05, 3.63) is 71.8 Å². The van der Waals surface area contributed by atoms with E-state index in [4.69, 9.17) is 12.6 Å². The van der Waals surface area contributed by atoms with Crippen molar-refractivity contribution in [2.45, 2.75) is 16.8 Å². The molecule has 17 heavy (non-hydrogen) atoms. The van der Waals surface area contributed by atoms with Gasteiger partial charge < -0.3 is 0 Å². The van der Waals surface area contributed by atoms with Crippen LogP contribution in [0.3, 0.4) is 0 Å². The minimum absolute atomic E-state index is 0.248. The fourth-order valence-electron chi connectivity index (χ4n) is 1.63. The smallest absolute Gasteiger partial charge is 0.0650 e. The third-order valence-corrected chi connectivity index (χ3v) is 4.14. The van der Waals surface area contributed by atoms with Crippen LogP contribution in [-0.2, 0) is 12.2 Å². The molecule has 1 atom stereocenters. The van der Waals surface area contributed by atoms with Crippen molar-refractivity contribution in [3.8, 4) is 0 Å². The van der Waals surface area contributed by atoms with Gasteiger partial charge in [0.1, 0.15) is 0 Å². The summed E-state index contributed by atoms with van der Waals surface area (Å²) >= 11 is 7.32. The molecule has 0 N–H and O–H groups in total. The van der Waals surface area contributed by atoms with Crippen LogP contribution in [0.2, 0.25) is 0 Å². The summed E-state index contributed by atoms with van der Waals surface area (Å²) in [6.07, 6.45) is 0.966. The topological polar surface area (TPSA) is 0 Å². The molecule has 2 aromatic carbocycles. The Morgan fingerprint density at radius 1 is 0.824 bits per heavy atom. The Hall–Kier alpha value is -0.860. The van der Waals surface area contributed by atoms with Crippen molar-refractivity contribution < 1.29 is 0 Å². The fraction of sp³-hybridized carbons (Fsp3) is 0.200. The van der Waals surface area contributed by atoms with Crippen molar-refractivity contribution in [2.24, 2.45) is 0 Å². The Morgan fingerprint density at radius 2 is 1.35 bits per heavy atom. The molecule has 1 radical (unpaired) electrons. The van der Waals surface area contributed by atoms with Gasteiger partial charge in [-0.1, -0.05) is 73.3 Å². The van der Waals surface area contributed by atoms with Crippen LogP contribution in [-0.4, -0.2) is 4.58 Å². The van der Waals surface area contributed by atoms with E-state index in [0.717, 1.165) is 12.2 Å². The molecule has 0 aliphatic heterocycles. The van der Waals surface area contributed by atoms with Crippen LogP contribution in [0, 0.1) is 0 Å². The van der Waals surface area contributed by atoms with Crippen LogP contribution in [0.25, 0.3) is 0 Å². The quantitative estimate of drug-likeness (QED) is 0.751. The molecule has 0 amide bonds. The number of hydrogen-bond acceptors (Lipinski definition) is 1. The molecule has 87 valence electrons. The zero-order valence-electron chi connectivity index (χ0n) is 9.58. The monoisotopic (exact) mass is 259 g/mol. The van der Waals surface area contributed by atoms with Gasteiger partial charge in [0.05, 0.1) is 4.58 Å². The molecule has 0 heterocycles. The first kappa shape index (κ1) is 12.6. The second-order valence-corrected chi connectivity index (χ2v) is 5.97. The van der Waals surface area contributed by atoms with Gasteiger partial charge in [-0.25, -0.2) is 0 Å². The number of benzene rings is 2. The summed E-state index contributed by atoms with van der Waals surface area (Å²) in [5.74, 6) is 1.00. The summed E-state index contributed by atoms with van der Waals surface area (Å²) < 4.78 is 0.248. The minimum atomic E-state index is 0.248. The van der Waals surface area contributed by atoms with E-state index in [1.54, 1.807) is 0 Å². The fourth-order valence-corrected chi connectivity index (χ4v) is 2.91. The normalized spacial score (nSPS) is 12.3. The highest BCUT2D eigenvalue weighted by atomic mass is 32.2. The van der Waals surface area contributed by atoms with E-state index in [2.05, 4.69) is 48.5 Å². The van der Waals surface area contributed by atoms with E-state index in [1.807, 2.05) is 23.9 Å². The highest BCUT2D eigenvalue weighted by molar-refractivity contribution is 8.09. The molecule has 0 saturated carbocycles. The Balaban J connectivity index is 1.80. The third-order valence-electron chi connectivity index (χ3n) is 2.52. The average molecular weight is 259 g/mol. The molecule has 0 fully saturated rings. The lowest BCUT2D eigenvalue weighted by Gasteiger charge is -2.09. The summed E-state index contributed by atoms with van der Waals surface area (Å²) in [7, 11) is 0. The second-order valence-electron chi connectivity index (χ2n) is 3.92. The van der Waals surface area contributed by atoms with Crippen molar-refractivity contribution in [3.63, 3.8) is 0 Å². The predicted octanol–water partition coefficient (Wildman–Crippen LogP) is 4.69. The molecule has 0 nitrogen and oxygen atoms in total. The van der Waals surface area contributed by atoms with E-state index in [-0.39, 0.29) is 4.58 Å². The zero-order valence-corrected chi connectivity index (χ0v) is 11.2. The highest BCUT2D eigenvalue weighted by Gasteiger charge is 2.05. The molecule has 1 unspecified atom stereocenters.